The molecule has 1 amide bonds. The Hall–Kier alpha value is -2.31. The molecule has 1 N–H and O–H groups in total. The number of halogens is 2. The molecule has 3 rings (SSSR count). The summed E-state index contributed by atoms with van der Waals surface area (Å²) in [6, 6.07) is 11.8. The highest BCUT2D eigenvalue weighted by Crippen LogP contribution is 2.28. The molecule has 0 bridgehead atoms. The summed E-state index contributed by atoms with van der Waals surface area (Å²) >= 11 is 5.77. The van der Waals surface area contributed by atoms with Gasteiger partial charge in [-0.25, -0.2) is 4.39 Å². The average Bonchev–Trinajstić information content (AvgIpc) is 2.70. The third-order valence-corrected chi connectivity index (χ3v) is 5.14. The van der Waals surface area contributed by atoms with E-state index in [1.54, 1.807) is 7.11 Å². The zero-order valence-electron chi connectivity index (χ0n) is 15.4. The van der Waals surface area contributed by atoms with Crippen molar-refractivity contribution < 1.29 is 13.9 Å². The van der Waals surface area contributed by atoms with E-state index >= 15 is 0 Å². The Labute approximate surface area is 163 Å². The van der Waals surface area contributed by atoms with Gasteiger partial charge in [-0.3, -0.25) is 9.69 Å². The fraction of sp³-hybridized carbons (Fsp3) is 0.350. The number of hydrogen-bond acceptors (Lipinski definition) is 4. The van der Waals surface area contributed by atoms with Crippen LogP contribution in [0.15, 0.2) is 42.5 Å². The van der Waals surface area contributed by atoms with Crippen LogP contribution in [0.5, 0.6) is 5.75 Å². The highest BCUT2D eigenvalue weighted by atomic mass is 35.5. The summed E-state index contributed by atoms with van der Waals surface area (Å²) in [6.07, 6.45) is 0. The van der Waals surface area contributed by atoms with E-state index in [0.717, 1.165) is 37.6 Å². The van der Waals surface area contributed by atoms with E-state index < -0.39 is 5.82 Å². The van der Waals surface area contributed by atoms with Crippen molar-refractivity contribution in [1.82, 2.24) is 4.90 Å². The molecular formula is C20H23ClFN3O2. The zero-order valence-corrected chi connectivity index (χ0v) is 16.2. The van der Waals surface area contributed by atoms with Crippen molar-refractivity contribution in [3.8, 4) is 5.75 Å². The number of amides is 1. The predicted molar refractivity (Wildman–Crippen MR) is 106 cm³/mol. The average molecular weight is 392 g/mol. The number of ether oxygens (including phenoxy) is 1. The van der Waals surface area contributed by atoms with Crippen LogP contribution in [0.25, 0.3) is 0 Å². The van der Waals surface area contributed by atoms with Crippen LogP contribution in [-0.4, -0.2) is 50.1 Å². The molecule has 2 aromatic rings. The molecule has 1 aliphatic rings. The SMILES string of the molecule is COc1ccccc1N1CCN([C@H](C)C(=O)Nc2ccc(F)c(Cl)c2)CC1. The van der Waals surface area contributed by atoms with Gasteiger partial charge in [-0.05, 0) is 37.3 Å². The van der Waals surface area contributed by atoms with E-state index in [9.17, 15) is 9.18 Å². The Kier molecular flexibility index (Phi) is 6.19. The largest absolute Gasteiger partial charge is 0.495 e. The lowest BCUT2D eigenvalue weighted by molar-refractivity contribution is -0.120. The van der Waals surface area contributed by atoms with Gasteiger partial charge in [0.05, 0.1) is 23.9 Å². The number of nitrogens with one attached hydrogen (secondary N) is 1. The smallest absolute Gasteiger partial charge is 0.241 e. The van der Waals surface area contributed by atoms with Gasteiger partial charge < -0.3 is 15.0 Å². The number of carbonyl (C=O) groups is 1. The van der Waals surface area contributed by atoms with Gasteiger partial charge >= 0.3 is 0 Å². The third kappa shape index (κ3) is 4.51. The first-order chi connectivity index (χ1) is 13.0. The minimum Gasteiger partial charge on any atom is -0.495 e. The Morgan fingerprint density at radius 1 is 1.19 bits per heavy atom. The monoisotopic (exact) mass is 391 g/mol. The summed E-state index contributed by atoms with van der Waals surface area (Å²) in [5.41, 5.74) is 1.56. The molecule has 1 saturated heterocycles. The molecule has 1 fully saturated rings. The molecule has 1 heterocycles. The number of anilines is 2. The van der Waals surface area contributed by atoms with E-state index in [-0.39, 0.29) is 17.0 Å². The van der Waals surface area contributed by atoms with Crippen molar-refractivity contribution in [2.45, 2.75) is 13.0 Å². The van der Waals surface area contributed by atoms with Crippen molar-refractivity contribution in [2.24, 2.45) is 0 Å². The summed E-state index contributed by atoms with van der Waals surface area (Å²) in [5.74, 6) is 0.212. The number of para-hydroxylation sites is 2. The highest BCUT2D eigenvalue weighted by molar-refractivity contribution is 6.31. The topological polar surface area (TPSA) is 44.8 Å². The molecule has 0 radical (unpaired) electrons. The number of benzene rings is 2. The predicted octanol–water partition coefficient (Wildman–Crippen LogP) is 3.64. The lowest BCUT2D eigenvalue weighted by atomic mass is 10.2. The van der Waals surface area contributed by atoms with Crippen LogP contribution in [0.3, 0.4) is 0 Å². The Morgan fingerprint density at radius 2 is 1.89 bits per heavy atom. The fourth-order valence-corrected chi connectivity index (χ4v) is 3.41. The minimum atomic E-state index is -0.504. The maximum atomic E-state index is 13.2. The first kappa shape index (κ1) is 19.5. The zero-order chi connectivity index (χ0) is 19.4. The highest BCUT2D eigenvalue weighted by Gasteiger charge is 2.26. The van der Waals surface area contributed by atoms with Crippen LogP contribution < -0.4 is 15.0 Å². The summed E-state index contributed by atoms with van der Waals surface area (Å²) in [7, 11) is 1.67. The van der Waals surface area contributed by atoms with Gasteiger partial charge in [-0.2, -0.15) is 0 Å². The molecule has 1 aliphatic heterocycles. The molecule has 2 aromatic carbocycles. The molecule has 0 spiro atoms. The van der Waals surface area contributed by atoms with Crippen molar-refractivity contribution in [3.05, 3.63) is 53.3 Å². The molecule has 27 heavy (non-hydrogen) atoms. The summed E-state index contributed by atoms with van der Waals surface area (Å²) in [6.45, 7) is 5.01. The fourth-order valence-electron chi connectivity index (χ4n) is 3.23. The van der Waals surface area contributed by atoms with Crippen LogP contribution in [0.1, 0.15) is 6.92 Å². The van der Waals surface area contributed by atoms with Gasteiger partial charge in [-0.1, -0.05) is 23.7 Å². The van der Waals surface area contributed by atoms with Gasteiger partial charge in [0, 0.05) is 31.9 Å². The number of nitrogens with zero attached hydrogens (tertiary/aromatic N) is 2. The van der Waals surface area contributed by atoms with Crippen molar-refractivity contribution in [1.29, 1.82) is 0 Å². The Morgan fingerprint density at radius 3 is 2.56 bits per heavy atom. The molecule has 0 unspecified atom stereocenters. The Bertz CT molecular complexity index is 810. The third-order valence-electron chi connectivity index (χ3n) is 4.85. The van der Waals surface area contributed by atoms with Crippen LogP contribution in [-0.2, 0) is 4.79 Å². The summed E-state index contributed by atoms with van der Waals surface area (Å²) < 4.78 is 18.7. The number of methoxy groups -OCH3 is 1. The maximum Gasteiger partial charge on any atom is 0.241 e. The second-order valence-electron chi connectivity index (χ2n) is 6.49. The number of carbonyl (C=O) groups excluding carboxylic acids is 1. The van der Waals surface area contributed by atoms with Crippen LogP contribution in [0, 0.1) is 5.82 Å². The lowest BCUT2D eigenvalue weighted by Gasteiger charge is -2.38. The second kappa shape index (κ2) is 8.59. The standard InChI is InChI=1S/C20H23ClFN3O2/c1-14(20(26)23-15-7-8-17(22)16(21)13-15)24-9-11-25(12-10-24)18-5-3-4-6-19(18)27-2/h3-8,13-14H,9-12H2,1-2H3,(H,23,26)/t14-/m1/s1. The molecular weight excluding hydrogens is 369 g/mol. The number of piperazine rings is 1. The quantitative estimate of drug-likeness (QED) is 0.845. The van der Waals surface area contributed by atoms with Crippen LogP contribution in [0.2, 0.25) is 5.02 Å². The molecule has 1 atom stereocenters. The van der Waals surface area contributed by atoms with Crippen molar-refractivity contribution in [2.75, 3.05) is 43.5 Å². The number of hydrogen-bond donors (Lipinski definition) is 1. The molecule has 0 aromatic heterocycles. The van der Waals surface area contributed by atoms with Crippen LogP contribution >= 0.6 is 11.6 Å². The summed E-state index contributed by atoms with van der Waals surface area (Å²) in [4.78, 5) is 16.9. The lowest BCUT2D eigenvalue weighted by Crippen LogP contribution is -2.52. The van der Waals surface area contributed by atoms with Gasteiger partial charge in [-0.15, -0.1) is 0 Å². The van der Waals surface area contributed by atoms with Crippen molar-refractivity contribution in [3.63, 3.8) is 0 Å². The second-order valence-corrected chi connectivity index (χ2v) is 6.90. The molecule has 0 aliphatic carbocycles. The van der Waals surface area contributed by atoms with Gasteiger partial charge in [0.15, 0.2) is 0 Å². The van der Waals surface area contributed by atoms with E-state index in [4.69, 9.17) is 16.3 Å². The van der Waals surface area contributed by atoms with E-state index in [2.05, 4.69) is 15.1 Å². The maximum absolute atomic E-state index is 13.2. The van der Waals surface area contributed by atoms with E-state index in [1.165, 1.54) is 18.2 Å². The first-order valence-corrected chi connectivity index (χ1v) is 9.25. The normalized spacial score (nSPS) is 16.1. The van der Waals surface area contributed by atoms with Crippen molar-refractivity contribution >= 4 is 28.9 Å². The molecule has 0 saturated carbocycles. The molecule has 5 nitrogen and oxygen atoms in total. The van der Waals surface area contributed by atoms with E-state index in [0.29, 0.717) is 5.69 Å². The first-order valence-electron chi connectivity index (χ1n) is 8.87. The summed E-state index contributed by atoms with van der Waals surface area (Å²) in [5, 5.41) is 2.79. The number of rotatable bonds is 5. The van der Waals surface area contributed by atoms with Gasteiger partial charge in [0.2, 0.25) is 5.91 Å². The minimum absolute atomic E-state index is 0.00845. The molecule has 144 valence electrons. The Balaban J connectivity index is 1.58. The van der Waals surface area contributed by atoms with Gasteiger partial charge in [0.25, 0.3) is 0 Å². The van der Waals surface area contributed by atoms with Gasteiger partial charge in [0.1, 0.15) is 11.6 Å². The molecule has 7 heteroatoms. The van der Waals surface area contributed by atoms with E-state index in [1.807, 2.05) is 31.2 Å². The van der Waals surface area contributed by atoms with Crippen LogP contribution in [0.4, 0.5) is 15.8 Å².